The summed E-state index contributed by atoms with van der Waals surface area (Å²) in [6.07, 6.45) is 7.04. The minimum absolute atomic E-state index is 0.0544. The van der Waals surface area contributed by atoms with E-state index in [1.165, 1.54) is 28.8 Å². The van der Waals surface area contributed by atoms with Crippen molar-refractivity contribution in [3.8, 4) is 0 Å². The summed E-state index contributed by atoms with van der Waals surface area (Å²) in [4.78, 5) is 24.4. The van der Waals surface area contributed by atoms with Gasteiger partial charge in [-0.15, -0.1) is 11.3 Å². The Hall–Kier alpha value is -2.58. The Morgan fingerprint density at radius 2 is 2.08 bits per heavy atom. The van der Waals surface area contributed by atoms with Gasteiger partial charge in [0.15, 0.2) is 10.2 Å². The molecule has 0 aliphatic heterocycles. The van der Waals surface area contributed by atoms with Crippen LogP contribution in [0.3, 0.4) is 0 Å². The van der Waals surface area contributed by atoms with Gasteiger partial charge in [-0.05, 0) is 60.0 Å². The summed E-state index contributed by atoms with van der Waals surface area (Å²) in [5.74, 6) is 0. The molecular formula is C16H12N4O2S2. The van der Waals surface area contributed by atoms with E-state index in [9.17, 15) is 10.1 Å². The lowest BCUT2D eigenvalue weighted by molar-refractivity contribution is -0.388. The van der Waals surface area contributed by atoms with Crippen molar-refractivity contribution in [2.24, 2.45) is 0 Å². The van der Waals surface area contributed by atoms with Crippen molar-refractivity contribution >= 4 is 40.9 Å². The van der Waals surface area contributed by atoms with Crippen LogP contribution in [-0.4, -0.2) is 19.9 Å². The van der Waals surface area contributed by atoms with Crippen molar-refractivity contribution in [1.82, 2.24) is 15.0 Å². The highest BCUT2D eigenvalue weighted by atomic mass is 32.2. The average molecular weight is 356 g/mol. The standard InChI is InChI=1S/C16H12N4O2S2/c1-11-7-10-23-14(11)5-4-12-6-9-18-16(19-12)24-15-13(20(21)22)3-2-8-17-15/h2-10H,1H3. The fraction of sp³-hybridized carbons (Fsp3) is 0.0625. The van der Waals surface area contributed by atoms with E-state index in [2.05, 4.69) is 27.9 Å². The van der Waals surface area contributed by atoms with Crippen LogP contribution in [0.4, 0.5) is 5.69 Å². The molecule has 120 valence electrons. The second-order valence-corrected chi connectivity index (χ2v) is 6.66. The van der Waals surface area contributed by atoms with Gasteiger partial charge in [0, 0.05) is 23.3 Å². The number of hydrogen-bond acceptors (Lipinski definition) is 7. The fourth-order valence-corrected chi connectivity index (χ4v) is 3.52. The third kappa shape index (κ3) is 3.84. The summed E-state index contributed by atoms with van der Waals surface area (Å²) in [6, 6.07) is 6.80. The molecule has 24 heavy (non-hydrogen) atoms. The number of aromatic nitrogens is 3. The predicted octanol–water partition coefficient (Wildman–Crippen LogP) is 4.47. The zero-order valence-corrected chi connectivity index (χ0v) is 14.3. The number of rotatable bonds is 5. The van der Waals surface area contributed by atoms with E-state index >= 15 is 0 Å². The summed E-state index contributed by atoms with van der Waals surface area (Å²) in [5.41, 5.74) is 1.89. The number of aryl methyl sites for hydroxylation is 1. The molecule has 0 amide bonds. The summed E-state index contributed by atoms with van der Waals surface area (Å²) in [6.45, 7) is 2.05. The summed E-state index contributed by atoms with van der Waals surface area (Å²) >= 11 is 2.74. The molecule has 0 aromatic carbocycles. The molecular weight excluding hydrogens is 344 g/mol. The van der Waals surface area contributed by atoms with Crippen LogP contribution in [-0.2, 0) is 0 Å². The lowest BCUT2D eigenvalue weighted by Gasteiger charge is -2.01. The molecule has 3 aromatic heterocycles. The Balaban J connectivity index is 1.83. The Morgan fingerprint density at radius 1 is 1.21 bits per heavy atom. The van der Waals surface area contributed by atoms with Gasteiger partial charge in [0.1, 0.15) is 0 Å². The maximum Gasteiger partial charge on any atom is 0.301 e. The number of nitro groups is 1. The molecule has 0 fully saturated rings. The Kier molecular flexibility index (Phi) is 4.97. The monoisotopic (exact) mass is 356 g/mol. The quantitative estimate of drug-likeness (QED) is 0.381. The molecule has 0 aliphatic rings. The van der Waals surface area contributed by atoms with Crippen LogP contribution in [0, 0.1) is 17.0 Å². The molecule has 0 unspecified atom stereocenters. The van der Waals surface area contributed by atoms with E-state index in [0.717, 1.165) is 17.5 Å². The summed E-state index contributed by atoms with van der Waals surface area (Å²) in [5, 5.41) is 13.8. The molecule has 0 radical (unpaired) electrons. The molecule has 6 nitrogen and oxygen atoms in total. The second-order valence-electron chi connectivity index (χ2n) is 4.75. The van der Waals surface area contributed by atoms with Gasteiger partial charge >= 0.3 is 5.69 Å². The van der Waals surface area contributed by atoms with Crippen LogP contribution in [0.1, 0.15) is 16.1 Å². The van der Waals surface area contributed by atoms with Gasteiger partial charge in [-0.2, -0.15) is 0 Å². The molecule has 0 saturated carbocycles. The van der Waals surface area contributed by atoms with E-state index in [0.29, 0.717) is 5.16 Å². The van der Waals surface area contributed by atoms with Crippen molar-refractivity contribution in [3.05, 3.63) is 68.3 Å². The molecule has 3 rings (SSSR count). The third-order valence-corrected chi connectivity index (χ3v) is 4.97. The topological polar surface area (TPSA) is 81.8 Å². The van der Waals surface area contributed by atoms with Gasteiger partial charge in [-0.1, -0.05) is 0 Å². The van der Waals surface area contributed by atoms with Crippen molar-refractivity contribution < 1.29 is 4.92 Å². The fourth-order valence-electron chi connectivity index (χ4n) is 1.90. The number of thiophene rings is 1. The SMILES string of the molecule is Cc1ccsc1C=Cc1ccnc(Sc2ncccc2[N+](=O)[O-])n1. The van der Waals surface area contributed by atoms with Crippen LogP contribution < -0.4 is 0 Å². The Morgan fingerprint density at radius 3 is 2.83 bits per heavy atom. The highest BCUT2D eigenvalue weighted by Gasteiger charge is 2.16. The van der Waals surface area contributed by atoms with Crippen LogP contribution in [0.25, 0.3) is 12.2 Å². The van der Waals surface area contributed by atoms with Crippen LogP contribution >= 0.6 is 23.1 Å². The molecule has 0 N–H and O–H groups in total. The summed E-state index contributed by atoms with van der Waals surface area (Å²) < 4.78 is 0. The molecule has 3 aromatic rings. The highest BCUT2D eigenvalue weighted by Crippen LogP contribution is 2.30. The first-order valence-electron chi connectivity index (χ1n) is 6.96. The minimum Gasteiger partial charge on any atom is -0.258 e. The van der Waals surface area contributed by atoms with Crippen molar-refractivity contribution in [2.75, 3.05) is 0 Å². The molecule has 0 aliphatic carbocycles. The number of hydrogen-bond donors (Lipinski definition) is 0. The zero-order chi connectivity index (χ0) is 16.9. The normalized spacial score (nSPS) is 11.0. The predicted molar refractivity (Wildman–Crippen MR) is 95.0 cm³/mol. The van der Waals surface area contributed by atoms with Gasteiger partial charge < -0.3 is 0 Å². The van der Waals surface area contributed by atoms with Gasteiger partial charge in [-0.3, -0.25) is 10.1 Å². The molecule has 0 spiro atoms. The highest BCUT2D eigenvalue weighted by molar-refractivity contribution is 7.99. The molecule has 0 atom stereocenters. The van der Waals surface area contributed by atoms with Gasteiger partial charge in [0.2, 0.25) is 0 Å². The first kappa shape index (κ1) is 16.3. The van der Waals surface area contributed by atoms with E-state index in [1.54, 1.807) is 23.6 Å². The van der Waals surface area contributed by atoms with Crippen LogP contribution in [0.5, 0.6) is 0 Å². The van der Waals surface area contributed by atoms with Gasteiger partial charge in [0.05, 0.1) is 10.6 Å². The van der Waals surface area contributed by atoms with E-state index in [1.807, 2.05) is 17.5 Å². The summed E-state index contributed by atoms with van der Waals surface area (Å²) in [7, 11) is 0. The first-order chi connectivity index (χ1) is 11.6. The maximum atomic E-state index is 11.0. The van der Waals surface area contributed by atoms with E-state index in [4.69, 9.17) is 0 Å². The lowest BCUT2D eigenvalue weighted by Crippen LogP contribution is -1.94. The van der Waals surface area contributed by atoms with E-state index < -0.39 is 4.92 Å². The van der Waals surface area contributed by atoms with Gasteiger partial charge in [-0.25, -0.2) is 15.0 Å². The Labute approximate surface area is 146 Å². The van der Waals surface area contributed by atoms with Crippen molar-refractivity contribution in [3.63, 3.8) is 0 Å². The first-order valence-corrected chi connectivity index (χ1v) is 8.65. The second kappa shape index (κ2) is 7.33. The van der Waals surface area contributed by atoms with E-state index in [-0.39, 0.29) is 10.7 Å². The Bertz CT molecular complexity index is 908. The van der Waals surface area contributed by atoms with Crippen LogP contribution in [0.2, 0.25) is 0 Å². The molecule has 0 bridgehead atoms. The largest absolute Gasteiger partial charge is 0.301 e. The van der Waals surface area contributed by atoms with Gasteiger partial charge in [0.25, 0.3) is 0 Å². The minimum atomic E-state index is -0.460. The van der Waals surface area contributed by atoms with Crippen molar-refractivity contribution in [1.29, 1.82) is 0 Å². The molecule has 3 heterocycles. The van der Waals surface area contributed by atoms with Crippen LogP contribution in [0.15, 0.2) is 52.2 Å². The molecule has 8 heteroatoms. The average Bonchev–Trinajstić information content (AvgIpc) is 2.99. The maximum absolute atomic E-state index is 11.0. The smallest absolute Gasteiger partial charge is 0.258 e. The lowest BCUT2D eigenvalue weighted by atomic mass is 10.2. The third-order valence-electron chi connectivity index (χ3n) is 3.10. The van der Waals surface area contributed by atoms with Crippen molar-refractivity contribution in [2.45, 2.75) is 17.1 Å². The number of pyridine rings is 1. The zero-order valence-electron chi connectivity index (χ0n) is 12.6. The molecule has 0 saturated heterocycles. The number of nitrogens with zero attached hydrogens (tertiary/aromatic N) is 4.